The van der Waals surface area contributed by atoms with E-state index in [1.54, 1.807) is 31.2 Å². The van der Waals surface area contributed by atoms with Crippen molar-refractivity contribution in [3.05, 3.63) is 76.1 Å². The fourth-order valence-corrected chi connectivity index (χ4v) is 3.82. The molecule has 3 rings (SSSR count). The molecular formula is C24H27N3O5. The summed E-state index contributed by atoms with van der Waals surface area (Å²) >= 11 is 0. The monoisotopic (exact) mass is 437 g/mol. The number of amides is 1. The average Bonchev–Trinajstić information content (AvgIpc) is 2.79. The number of fused-ring (bicyclic) bond motifs is 1. The fourth-order valence-electron chi connectivity index (χ4n) is 3.82. The second-order valence-electron chi connectivity index (χ2n) is 7.76. The third-order valence-corrected chi connectivity index (χ3v) is 5.30. The number of hydrogen-bond acceptors (Lipinski definition) is 7. The number of rotatable bonds is 7. The highest BCUT2D eigenvalue weighted by atomic mass is 16.5. The van der Waals surface area contributed by atoms with E-state index in [0.29, 0.717) is 23.2 Å². The number of carbonyl (C=O) groups excluding carboxylic acids is 1. The number of para-hydroxylation sites is 1. The number of nitrogens with one attached hydrogen (secondary N) is 1. The van der Waals surface area contributed by atoms with Gasteiger partial charge < -0.3 is 19.2 Å². The number of ether oxygens (including phenoxy) is 1. The summed E-state index contributed by atoms with van der Waals surface area (Å²) in [4.78, 5) is 26.6. The molecule has 2 aromatic carbocycles. The quantitative estimate of drug-likeness (QED) is 0.333. The van der Waals surface area contributed by atoms with E-state index in [-0.39, 0.29) is 17.2 Å². The molecule has 0 saturated heterocycles. The van der Waals surface area contributed by atoms with E-state index in [9.17, 15) is 14.7 Å². The predicted octanol–water partition coefficient (Wildman–Crippen LogP) is 3.54. The molecule has 0 spiro atoms. The van der Waals surface area contributed by atoms with Crippen LogP contribution < -0.4 is 11.1 Å². The number of aromatic hydroxyl groups is 1. The van der Waals surface area contributed by atoms with E-state index in [2.05, 4.69) is 15.3 Å². The number of hydrazone groups is 1. The first kappa shape index (κ1) is 23.0. The Morgan fingerprint density at radius 1 is 1.16 bits per heavy atom. The largest absolute Gasteiger partial charge is 0.507 e. The molecule has 0 saturated carbocycles. The maximum Gasteiger partial charge on any atom is 0.427 e. The van der Waals surface area contributed by atoms with Crippen LogP contribution in [-0.2, 0) is 4.74 Å². The molecule has 0 aliphatic carbocycles. The second-order valence-corrected chi connectivity index (χ2v) is 7.76. The zero-order valence-electron chi connectivity index (χ0n) is 18.5. The summed E-state index contributed by atoms with van der Waals surface area (Å²) in [5.41, 5.74) is 3.56. The molecule has 168 valence electrons. The number of carbonyl (C=O) groups is 1. The van der Waals surface area contributed by atoms with Gasteiger partial charge in [0.25, 0.3) is 0 Å². The number of nitrogens with zero attached hydrogens (tertiary/aromatic N) is 2. The van der Waals surface area contributed by atoms with Gasteiger partial charge >= 0.3 is 11.7 Å². The molecule has 3 aromatic rings. The molecule has 0 aliphatic rings. The Morgan fingerprint density at radius 2 is 1.81 bits per heavy atom. The van der Waals surface area contributed by atoms with Crippen molar-refractivity contribution in [2.75, 3.05) is 27.7 Å². The van der Waals surface area contributed by atoms with Crippen molar-refractivity contribution < 1.29 is 19.1 Å². The van der Waals surface area contributed by atoms with Crippen molar-refractivity contribution in [3.63, 3.8) is 0 Å². The summed E-state index contributed by atoms with van der Waals surface area (Å²) < 4.78 is 10.2. The van der Waals surface area contributed by atoms with Gasteiger partial charge in [-0.3, -0.25) is 0 Å². The SMILES string of the molecule is COC(=O)N/N=C(/C)[C@H](CN(C)C)[C@@H](c1ccccc1)c1c(O)c2ccccc2oc1=O. The summed E-state index contributed by atoms with van der Waals surface area (Å²) in [6.45, 7) is 2.25. The van der Waals surface area contributed by atoms with Gasteiger partial charge in [-0.15, -0.1) is 0 Å². The van der Waals surface area contributed by atoms with Gasteiger partial charge in [0.1, 0.15) is 11.3 Å². The summed E-state index contributed by atoms with van der Waals surface area (Å²) in [7, 11) is 5.06. The molecule has 32 heavy (non-hydrogen) atoms. The predicted molar refractivity (Wildman–Crippen MR) is 123 cm³/mol. The third-order valence-electron chi connectivity index (χ3n) is 5.30. The van der Waals surface area contributed by atoms with Crippen molar-refractivity contribution in [3.8, 4) is 5.75 Å². The van der Waals surface area contributed by atoms with Gasteiger partial charge in [0.05, 0.1) is 18.1 Å². The molecule has 0 unspecified atom stereocenters. The Labute approximate surface area is 186 Å². The number of benzene rings is 2. The van der Waals surface area contributed by atoms with Crippen molar-refractivity contribution in [1.82, 2.24) is 10.3 Å². The summed E-state index contributed by atoms with van der Waals surface area (Å²) in [6, 6.07) is 16.3. The highest BCUT2D eigenvalue weighted by Crippen LogP contribution is 2.39. The van der Waals surface area contributed by atoms with Crippen LogP contribution in [0.25, 0.3) is 11.0 Å². The van der Waals surface area contributed by atoms with E-state index < -0.39 is 17.6 Å². The van der Waals surface area contributed by atoms with Crippen LogP contribution in [-0.4, -0.2) is 49.6 Å². The Hall–Kier alpha value is -3.65. The van der Waals surface area contributed by atoms with E-state index in [1.807, 2.05) is 49.3 Å². The molecule has 2 N–H and O–H groups in total. The Bertz CT molecular complexity index is 1170. The molecule has 1 heterocycles. The van der Waals surface area contributed by atoms with Crippen LogP contribution in [0.4, 0.5) is 4.79 Å². The van der Waals surface area contributed by atoms with Gasteiger partial charge in [0.15, 0.2) is 0 Å². The minimum absolute atomic E-state index is 0.122. The van der Waals surface area contributed by atoms with E-state index in [4.69, 9.17) is 4.42 Å². The maximum absolute atomic E-state index is 13.1. The van der Waals surface area contributed by atoms with E-state index in [0.717, 1.165) is 5.56 Å². The molecule has 2 atom stereocenters. The molecule has 0 fully saturated rings. The minimum atomic E-state index is -0.697. The van der Waals surface area contributed by atoms with E-state index in [1.165, 1.54) is 7.11 Å². The first-order chi connectivity index (χ1) is 15.3. The van der Waals surface area contributed by atoms with Gasteiger partial charge in [-0.2, -0.15) is 5.10 Å². The molecule has 8 heteroatoms. The molecule has 0 bridgehead atoms. The molecule has 0 radical (unpaired) electrons. The summed E-state index contributed by atoms with van der Waals surface area (Å²) in [5, 5.41) is 15.8. The second kappa shape index (κ2) is 10.1. The molecule has 0 aliphatic heterocycles. The lowest BCUT2D eigenvalue weighted by Crippen LogP contribution is -2.35. The first-order valence-electron chi connectivity index (χ1n) is 10.2. The van der Waals surface area contributed by atoms with Crippen LogP contribution in [0.5, 0.6) is 5.75 Å². The standard InChI is InChI=1S/C24H27N3O5/c1-15(25-26-24(30)31-4)18(14-27(2)3)20(16-10-6-5-7-11-16)21-22(28)17-12-8-9-13-19(17)32-23(21)29/h5-13,18,20,28H,14H2,1-4H3,(H,26,30)/b25-15-/t18-,20+/m0/s1. The minimum Gasteiger partial charge on any atom is -0.507 e. The van der Waals surface area contributed by atoms with Crippen LogP contribution in [0.2, 0.25) is 0 Å². The number of methoxy groups -OCH3 is 1. The van der Waals surface area contributed by atoms with Crippen molar-refractivity contribution in [2.24, 2.45) is 11.0 Å². The van der Waals surface area contributed by atoms with Crippen LogP contribution in [0, 0.1) is 5.92 Å². The lowest BCUT2D eigenvalue weighted by Gasteiger charge is -2.30. The van der Waals surface area contributed by atoms with Gasteiger partial charge in [0.2, 0.25) is 0 Å². The Kier molecular flexibility index (Phi) is 7.27. The highest BCUT2D eigenvalue weighted by molar-refractivity contribution is 5.88. The van der Waals surface area contributed by atoms with Crippen molar-refractivity contribution in [1.29, 1.82) is 0 Å². The maximum atomic E-state index is 13.1. The van der Waals surface area contributed by atoms with Crippen LogP contribution in [0.3, 0.4) is 0 Å². The van der Waals surface area contributed by atoms with Crippen molar-refractivity contribution >= 4 is 22.8 Å². The number of hydrogen-bond donors (Lipinski definition) is 2. The summed E-state index contributed by atoms with van der Waals surface area (Å²) in [6.07, 6.45) is -0.697. The zero-order valence-corrected chi connectivity index (χ0v) is 18.5. The first-order valence-corrected chi connectivity index (χ1v) is 10.2. The topological polar surface area (TPSA) is 104 Å². The van der Waals surface area contributed by atoms with Gasteiger partial charge in [-0.25, -0.2) is 15.0 Å². The molecule has 1 amide bonds. The Morgan fingerprint density at radius 3 is 2.47 bits per heavy atom. The van der Waals surface area contributed by atoms with Crippen molar-refractivity contribution in [2.45, 2.75) is 12.8 Å². The van der Waals surface area contributed by atoms with Crippen LogP contribution in [0.15, 0.2) is 68.9 Å². The van der Waals surface area contributed by atoms with Crippen LogP contribution in [0.1, 0.15) is 24.0 Å². The smallest absolute Gasteiger partial charge is 0.427 e. The highest BCUT2D eigenvalue weighted by Gasteiger charge is 2.34. The summed E-state index contributed by atoms with van der Waals surface area (Å²) in [5.74, 6) is -1.08. The van der Waals surface area contributed by atoms with Crippen LogP contribution >= 0.6 is 0 Å². The molecule has 1 aromatic heterocycles. The van der Waals surface area contributed by atoms with Gasteiger partial charge in [-0.1, -0.05) is 42.5 Å². The lowest BCUT2D eigenvalue weighted by atomic mass is 9.78. The van der Waals surface area contributed by atoms with Gasteiger partial charge in [0, 0.05) is 24.1 Å². The Balaban J connectivity index is 2.25. The molecule has 8 nitrogen and oxygen atoms in total. The normalized spacial score (nSPS) is 13.7. The fraction of sp³-hybridized carbons (Fsp3) is 0.292. The molecular weight excluding hydrogens is 410 g/mol. The average molecular weight is 437 g/mol. The van der Waals surface area contributed by atoms with E-state index >= 15 is 0 Å². The lowest BCUT2D eigenvalue weighted by molar-refractivity contribution is 0.171. The zero-order chi connectivity index (χ0) is 23.3. The third kappa shape index (κ3) is 4.97. The van der Waals surface area contributed by atoms with Gasteiger partial charge in [-0.05, 0) is 38.7 Å².